The summed E-state index contributed by atoms with van der Waals surface area (Å²) >= 11 is 5.99. The number of hydrogen-bond donors (Lipinski definition) is 0. The number of halogens is 1. The topological polar surface area (TPSA) is 29.5 Å². The van der Waals surface area contributed by atoms with E-state index in [1.807, 2.05) is 24.8 Å². The van der Waals surface area contributed by atoms with E-state index in [-0.39, 0.29) is 5.91 Å². The molecular weight excluding hydrogens is 274 g/mol. The van der Waals surface area contributed by atoms with Crippen LogP contribution in [-0.4, -0.2) is 30.0 Å². The summed E-state index contributed by atoms with van der Waals surface area (Å²) in [5.74, 6) is 1.35. The zero-order valence-corrected chi connectivity index (χ0v) is 13.1. The van der Waals surface area contributed by atoms with Crippen molar-refractivity contribution in [1.82, 2.24) is 4.90 Å². The Hall–Kier alpha value is -1.22. The van der Waals surface area contributed by atoms with Crippen LogP contribution in [0.2, 0.25) is 5.02 Å². The second-order valence-electron chi connectivity index (χ2n) is 5.70. The number of ether oxygens (including phenoxy) is 1. The molecule has 0 spiro atoms. The van der Waals surface area contributed by atoms with Crippen molar-refractivity contribution in [2.75, 3.05) is 13.1 Å². The van der Waals surface area contributed by atoms with Crippen molar-refractivity contribution >= 4 is 17.5 Å². The molecule has 0 radical (unpaired) electrons. The first-order valence-corrected chi connectivity index (χ1v) is 7.56. The highest BCUT2D eigenvalue weighted by molar-refractivity contribution is 6.31. The summed E-state index contributed by atoms with van der Waals surface area (Å²) in [4.78, 5) is 14.3. The molecule has 0 bridgehead atoms. The second-order valence-corrected chi connectivity index (χ2v) is 6.11. The Balaban J connectivity index is 1.98. The van der Waals surface area contributed by atoms with Crippen LogP contribution in [0.3, 0.4) is 0 Å². The molecule has 1 fully saturated rings. The number of rotatable bonds is 3. The van der Waals surface area contributed by atoms with Crippen molar-refractivity contribution in [1.29, 1.82) is 0 Å². The minimum Gasteiger partial charge on any atom is -0.481 e. The van der Waals surface area contributed by atoms with E-state index in [0.29, 0.717) is 16.7 Å². The van der Waals surface area contributed by atoms with Gasteiger partial charge in [-0.1, -0.05) is 18.5 Å². The van der Waals surface area contributed by atoms with E-state index in [9.17, 15) is 4.79 Å². The van der Waals surface area contributed by atoms with Crippen molar-refractivity contribution in [3.05, 3.63) is 28.8 Å². The van der Waals surface area contributed by atoms with Gasteiger partial charge in [0.25, 0.3) is 5.91 Å². The van der Waals surface area contributed by atoms with Crippen molar-refractivity contribution in [2.45, 2.75) is 39.7 Å². The lowest BCUT2D eigenvalue weighted by Crippen LogP contribution is -2.45. The predicted molar refractivity (Wildman–Crippen MR) is 81.3 cm³/mol. The predicted octanol–water partition coefficient (Wildman–Crippen LogP) is 3.67. The number of piperidine rings is 1. The highest BCUT2D eigenvalue weighted by Crippen LogP contribution is 2.23. The number of aryl methyl sites for hydroxylation is 1. The summed E-state index contributed by atoms with van der Waals surface area (Å²) in [6.07, 6.45) is 1.83. The van der Waals surface area contributed by atoms with Crippen molar-refractivity contribution in [3.63, 3.8) is 0 Å². The number of amides is 1. The minimum atomic E-state index is -0.458. The zero-order valence-electron chi connectivity index (χ0n) is 12.4. The van der Waals surface area contributed by atoms with Gasteiger partial charge in [0.1, 0.15) is 5.75 Å². The van der Waals surface area contributed by atoms with E-state index in [0.717, 1.165) is 25.1 Å². The molecule has 1 heterocycles. The fourth-order valence-electron chi connectivity index (χ4n) is 2.59. The summed E-state index contributed by atoms with van der Waals surface area (Å²) in [5, 5.41) is 0.709. The standard InChI is InChI=1S/C16H22ClNO2/c1-11-5-4-8-18(10-11)16(19)13(3)20-14-6-7-15(17)12(2)9-14/h6-7,9,11,13H,4-5,8,10H2,1-3H3/t11-,13-/m1/s1. The van der Waals surface area contributed by atoms with Gasteiger partial charge in [0.05, 0.1) is 0 Å². The maximum Gasteiger partial charge on any atom is 0.263 e. The van der Waals surface area contributed by atoms with Gasteiger partial charge >= 0.3 is 0 Å². The van der Waals surface area contributed by atoms with Gasteiger partial charge in [-0.2, -0.15) is 0 Å². The van der Waals surface area contributed by atoms with Crippen LogP contribution < -0.4 is 4.74 Å². The first-order chi connectivity index (χ1) is 9.47. The lowest BCUT2D eigenvalue weighted by Gasteiger charge is -2.32. The average molecular weight is 296 g/mol. The van der Waals surface area contributed by atoms with E-state index in [1.165, 1.54) is 6.42 Å². The van der Waals surface area contributed by atoms with Crippen LogP contribution in [0.5, 0.6) is 5.75 Å². The first kappa shape index (κ1) is 15.2. The SMILES string of the molecule is Cc1cc(O[C@H](C)C(=O)N2CCC[C@@H](C)C2)ccc1Cl. The largest absolute Gasteiger partial charge is 0.481 e. The van der Waals surface area contributed by atoms with E-state index < -0.39 is 6.10 Å². The van der Waals surface area contributed by atoms with Gasteiger partial charge in [-0.25, -0.2) is 0 Å². The molecule has 0 N–H and O–H groups in total. The zero-order chi connectivity index (χ0) is 14.7. The van der Waals surface area contributed by atoms with Gasteiger partial charge in [0.2, 0.25) is 0 Å². The number of likely N-dealkylation sites (tertiary alicyclic amines) is 1. The molecule has 1 aromatic rings. The number of nitrogens with zero attached hydrogens (tertiary/aromatic N) is 1. The number of hydrogen-bond acceptors (Lipinski definition) is 2. The lowest BCUT2D eigenvalue weighted by molar-refractivity contribution is -0.139. The first-order valence-electron chi connectivity index (χ1n) is 7.19. The molecule has 0 aliphatic carbocycles. The van der Waals surface area contributed by atoms with Crippen LogP contribution in [0.1, 0.15) is 32.3 Å². The van der Waals surface area contributed by atoms with Crippen LogP contribution in [0.4, 0.5) is 0 Å². The minimum absolute atomic E-state index is 0.0733. The summed E-state index contributed by atoms with van der Waals surface area (Å²) in [7, 11) is 0. The molecule has 2 atom stereocenters. The number of benzene rings is 1. The molecule has 0 aromatic heterocycles. The van der Waals surface area contributed by atoms with Gasteiger partial charge in [-0.3, -0.25) is 4.79 Å². The average Bonchev–Trinajstić information content (AvgIpc) is 2.42. The quantitative estimate of drug-likeness (QED) is 0.851. The Morgan fingerprint density at radius 1 is 1.50 bits per heavy atom. The third kappa shape index (κ3) is 3.66. The van der Waals surface area contributed by atoms with Gasteiger partial charge in [0, 0.05) is 18.1 Å². The summed E-state index contributed by atoms with van der Waals surface area (Å²) in [5.41, 5.74) is 0.954. The van der Waals surface area contributed by atoms with Crippen LogP contribution in [-0.2, 0) is 4.79 Å². The smallest absolute Gasteiger partial charge is 0.263 e. The second kappa shape index (κ2) is 6.49. The molecule has 2 rings (SSSR count). The number of carbonyl (C=O) groups is 1. The van der Waals surface area contributed by atoms with Gasteiger partial charge in [-0.05, 0) is 56.4 Å². The summed E-state index contributed by atoms with van der Waals surface area (Å²) in [6, 6.07) is 5.47. The van der Waals surface area contributed by atoms with Crippen molar-refractivity contribution < 1.29 is 9.53 Å². The molecule has 1 saturated heterocycles. The molecule has 0 saturated carbocycles. The Labute approximate surface area is 125 Å². The Morgan fingerprint density at radius 3 is 2.90 bits per heavy atom. The fourth-order valence-corrected chi connectivity index (χ4v) is 2.71. The van der Waals surface area contributed by atoms with Crippen LogP contribution in [0.25, 0.3) is 0 Å². The van der Waals surface area contributed by atoms with Crippen LogP contribution >= 0.6 is 11.6 Å². The normalized spacial score (nSPS) is 20.6. The molecule has 3 nitrogen and oxygen atoms in total. The molecule has 0 unspecified atom stereocenters. The molecule has 20 heavy (non-hydrogen) atoms. The molecule has 1 amide bonds. The van der Waals surface area contributed by atoms with Crippen molar-refractivity contribution in [3.8, 4) is 5.75 Å². The molecule has 4 heteroatoms. The van der Waals surface area contributed by atoms with E-state index in [1.54, 1.807) is 12.1 Å². The fraction of sp³-hybridized carbons (Fsp3) is 0.562. The van der Waals surface area contributed by atoms with Crippen LogP contribution in [0, 0.1) is 12.8 Å². The summed E-state index contributed by atoms with van der Waals surface area (Å²) < 4.78 is 5.75. The maximum atomic E-state index is 12.4. The summed E-state index contributed by atoms with van der Waals surface area (Å²) in [6.45, 7) is 7.61. The van der Waals surface area contributed by atoms with Gasteiger partial charge in [0.15, 0.2) is 6.10 Å². The van der Waals surface area contributed by atoms with Crippen LogP contribution in [0.15, 0.2) is 18.2 Å². The third-order valence-corrected chi connectivity index (χ3v) is 4.18. The van der Waals surface area contributed by atoms with Crippen molar-refractivity contribution in [2.24, 2.45) is 5.92 Å². The third-order valence-electron chi connectivity index (χ3n) is 3.76. The van der Waals surface area contributed by atoms with E-state index >= 15 is 0 Å². The maximum absolute atomic E-state index is 12.4. The monoisotopic (exact) mass is 295 g/mol. The molecule has 110 valence electrons. The Bertz CT molecular complexity index is 489. The Kier molecular flexibility index (Phi) is 4.92. The highest BCUT2D eigenvalue weighted by atomic mass is 35.5. The van der Waals surface area contributed by atoms with E-state index in [2.05, 4.69) is 6.92 Å². The van der Waals surface area contributed by atoms with Gasteiger partial charge < -0.3 is 9.64 Å². The van der Waals surface area contributed by atoms with E-state index in [4.69, 9.17) is 16.3 Å². The molecule has 1 aliphatic heterocycles. The van der Waals surface area contributed by atoms with Gasteiger partial charge in [-0.15, -0.1) is 0 Å². The lowest BCUT2D eigenvalue weighted by atomic mass is 10.00. The molecular formula is C16H22ClNO2. The number of carbonyl (C=O) groups excluding carboxylic acids is 1. The Morgan fingerprint density at radius 2 is 2.25 bits per heavy atom. The highest BCUT2D eigenvalue weighted by Gasteiger charge is 2.26. The molecule has 1 aromatic carbocycles. The molecule has 1 aliphatic rings.